The van der Waals surface area contributed by atoms with E-state index in [-0.39, 0.29) is 52.9 Å². The summed E-state index contributed by atoms with van der Waals surface area (Å²) in [5, 5.41) is 0. The summed E-state index contributed by atoms with van der Waals surface area (Å²) in [5.41, 5.74) is 1.10. The van der Waals surface area contributed by atoms with Crippen molar-refractivity contribution in [3.63, 3.8) is 0 Å². The molecule has 4 rings (SSSR count). The lowest BCUT2D eigenvalue weighted by Gasteiger charge is -2.18. The van der Waals surface area contributed by atoms with E-state index in [0.29, 0.717) is 18.1 Å². The average molecular weight is 615 g/mol. The normalized spacial score (nSPS) is 10.4. The molecule has 0 heterocycles. The van der Waals surface area contributed by atoms with Crippen molar-refractivity contribution in [1.29, 1.82) is 0 Å². The Hall–Kier alpha value is -5.51. The fourth-order valence-corrected chi connectivity index (χ4v) is 4.31. The van der Waals surface area contributed by atoms with Crippen molar-refractivity contribution in [2.45, 2.75) is 20.5 Å². The van der Waals surface area contributed by atoms with Crippen LogP contribution in [0.5, 0.6) is 34.5 Å². The number of carbonyl (C=O) groups is 3. The second-order valence-electron chi connectivity index (χ2n) is 9.39. The van der Waals surface area contributed by atoms with E-state index >= 15 is 0 Å². The molecule has 10 nitrogen and oxygen atoms in total. The second kappa shape index (κ2) is 15.8. The molecule has 4 aromatic rings. The van der Waals surface area contributed by atoms with Gasteiger partial charge in [-0.25, -0.2) is 9.59 Å². The largest absolute Gasteiger partial charge is 0.497 e. The molecule has 0 aromatic heterocycles. The highest BCUT2D eigenvalue weighted by atomic mass is 16.6. The van der Waals surface area contributed by atoms with Gasteiger partial charge in [-0.1, -0.05) is 36.4 Å². The molecule has 0 saturated heterocycles. The topological polar surface area (TPSA) is 116 Å². The Morgan fingerprint density at radius 2 is 1.36 bits per heavy atom. The molecule has 0 unspecified atom stereocenters. The van der Waals surface area contributed by atoms with Crippen LogP contribution in [0.3, 0.4) is 0 Å². The number of esters is 2. The number of methoxy groups -OCH3 is 2. The Morgan fingerprint density at radius 1 is 0.644 bits per heavy atom. The van der Waals surface area contributed by atoms with Gasteiger partial charge in [0, 0.05) is 12.1 Å². The highest BCUT2D eigenvalue weighted by Gasteiger charge is 2.26. The van der Waals surface area contributed by atoms with Crippen molar-refractivity contribution in [1.82, 2.24) is 0 Å². The van der Waals surface area contributed by atoms with E-state index in [2.05, 4.69) is 0 Å². The Morgan fingerprint density at radius 3 is 2.02 bits per heavy atom. The van der Waals surface area contributed by atoms with Crippen molar-refractivity contribution in [2.24, 2.45) is 0 Å². The number of carbonyl (C=O) groups excluding carboxylic acids is 3. The maximum atomic E-state index is 13.6. The molecule has 4 aromatic carbocycles. The summed E-state index contributed by atoms with van der Waals surface area (Å²) < 4.78 is 39.1. The number of benzene rings is 4. The Kier molecular flexibility index (Phi) is 11.4. The number of ketones is 1. The summed E-state index contributed by atoms with van der Waals surface area (Å²) in [5.74, 6) is -0.888. The minimum absolute atomic E-state index is 0.0574. The molecule has 45 heavy (non-hydrogen) atoms. The molecular weight excluding hydrogens is 580 g/mol. The van der Waals surface area contributed by atoms with E-state index in [1.807, 2.05) is 37.3 Å². The molecule has 0 amide bonds. The van der Waals surface area contributed by atoms with Gasteiger partial charge >= 0.3 is 11.9 Å². The van der Waals surface area contributed by atoms with Crippen LogP contribution in [0.25, 0.3) is 0 Å². The quantitative estimate of drug-likeness (QED) is 0.0853. The molecule has 0 spiro atoms. The van der Waals surface area contributed by atoms with E-state index in [4.69, 9.17) is 33.2 Å². The van der Waals surface area contributed by atoms with E-state index in [9.17, 15) is 14.4 Å². The monoisotopic (exact) mass is 614 g/mol. The lowest BCUT2D eigenvalue weighted by atomic mass is 10.1. The van der Waals surface area contributed by atoms with Gasteiger partial charge in [0.05, 0.1) is 33.0 Å². The number of para-hydroxylation sites is 1. The first-order chi connectivity index (χ1) is 21.9. The Labute approximate surface area is 261 Å². The van der Waals surface area contributed by atoms with Crippen molar-refractivity contribution in [2.75, 3.05) is 34.0 Å². The summed E-state index contributed by atoms with van der Waals surface area (Å²) in [6, 6.07) is 23.4. The molecule has 0 aliphatic rings. The van der Waals surface area contributed by atoms with Crippen molar-refractivity contribution in [3.8, 4) is 34.5 Å². The first-order valence-corrected chi connectivity index (χ1v) is 14.2. The minimum Gasteiger partial charge on any atom is -0.497 e. The van der Waals surface area contributed by atoms with Crippen LogP contribution in [0.15, 0.2) is 84.9 Å². The van der Waals surface area contributed by atoms with Crippen LogP contribution in [-0.4, -0.2) is 51.8 Å². The summed E-state index contributed by atoms with van der Waals surface area (Å²) in [7, 11) is 2.87. The number of ether oxygens (including phenoxy) is 7. The molecular formula is C35H34O10. The lowest BCUT2D eigenvalue weighted by Crippen LogP contribution is -2.18. The second-order valence-corrected chi connectivity index (χ2v) is 9.39. The van der Waals surface area contributed by atoms with E-state index in [1.165, 1.54) is 44.6 Å². The predicted octanol–water partition coefficient (Wildman–Crippen LogP) is 6.34. The summed E-state index contributed by atoms with van der Waals surface area (Å²) in [6.45, 7) is 3.76. The predicted molar refractivity (Wildman–Crippen MR) is 165 cm³/mol. The minimum atomic E-state index is -0.813. The fourth-order valence-electron chi connectivity index (χ4n) is 4.31. The molecule has 234 valence electrons. The van der Waals surface area contributed by atoms with Gasteiger partial charge in [0.15, 0.2) is 18.1 Å². The molecule has 0 saturated carbocycles. The van der Waals surface area contributed by atoms with Gasteiger partial charge in [0.1, 0.15) is 40.7 Å². The van der Waals surface area contributed by atoms with Gasteiger partial charge in [-0.15, -0.1) is 0 Å². The van der Waals surface area contributed by atoms with Gasteiger partial charge in [-0.3, -0.25) is 4.79 Å². The number of rotatable bonds is 15. The SMILES string of the molecule is CCOc1cccc(C(=O)Oc2cc(OCc3ccccc3)cc(OC)c2C(=O)COC(=O)c2ccc(OC)cc2)c1OCC. The third kappa shape index (κ3) is 8.32. The van der Waals surface area contributed by atoms with Gasteiger partial charge in [-0.2, -0.15) is 0 Å². The average Bonchev–Trinajstić information content (AvgIpc) is 3.07. The summed E-state index contributed by atoms with van der Waals surface area (Å²) in [4.78, 5) is 39.8. The molecule has 0 bridgehead atoms. The van der Waals surface area contributed by atoms with Crippen LogP contribution in [0, 0.1) is 0 Å². The molecule has 10 heteroatoms. The smallest absolute Gasteiger partial charge is 0.347 e. The van der Waals surface area contributed by atoms with Crippen LogP contribution >= 0.6 is 0 Å². The van der Waals surface area contributed by atoms with E-state index in [0.717, 1.165) is 5.56 Å². The summed E-state index contributed by atoms with van der Waals surface area (Å²) >= 11 is 0. The van der Waals surface area contributed by atoms with Gasteiger partial charge in [-0.05, 0) is 55.8 Å². The maximum Gasteiger partial charge on any atom is 0.347 e. The fraction of sp³-hybridized carbons (Fsp3) is 0.229. The third-order valence-corrected chi connectivity index (χ3v) is 6.44. The number of hydrogen-bond donors (Lipinski definition) is 0. The van der Waals surface area contributed by atoms with Gasteiger partial charge in [0.2, 0.25) is 5.78 Å². The van der Waals surface area contributed by atoms with Gasteiger partial charge < -0.3 is 33.2 Å². The molecule has 0 N–H and O–H groups in total. The number of Topliss-reactive ketones (excluding diaryl/α,β-unsaturated/α-hetero) is 1. The summed E-state index contributed by atoms with van der Waals surface area (Å²) in [6.07, 6.45) is 0. The zero-order chi connectivity index (χ0) is 32.2. The highest BCUT2D eigenvalue weighted by molar-refractivity contribution is 6.05. The van der Waals surface area contributed by atoms with Crippen LogP contribution < -0.4 is 28.4 Å². The maximum absolute atomic E-state index is 13.6. The number of hydrogen-bond acceptors (Lipinski definition) is 10. The zero-order valence-electron chi connectivity index (χ0n) is 25.5. The highest BCUT2D eigenvalue weighted by Crippen LogP contribution is 2.37. The van der Waals surface area contributed by atoms with Crippen LogP contribution in [-0.2, 0) is 11.3 Å². The van der Waals surface area contributed by atoms with Crippen molar-refractivity contribution < 1.29 is 47.5 Å². The van der Waals surface area contributed by atoms with Gasteiger partial charge in [0.25, 0.3) is 0 Å². The molecule has 0 aliphatic carbocycles. The zero-order valence-corrected chi connectivity index (χ0v) is 25.5. The first-order valence-electron chi connectivity index (χ1n) is 14.2. The molecule has 0 atom stereocenters. The standard InChI is InChI=1S/C35H34O10/c1-5-41-29-14-10-13-27(33(29)42-6-2)35(38)45-31-20-26(43-21-23-11-8-7-9-12-23)19-30(40-4)32(31)28(36)22-44-34(37)24-15-17-25(39-3)18-16-24/h7-20H,5-6,21-22H2,1-4H3. The molecule has 0 fully saturated rings. The van der Waals surface area contributed by atoms with Crippen LogP contribution in [0.1, 0.15) is 50.5 Å². The molecule has 0 aliphatic heterocycles. The third-order valence-electron chi connectivity index (χ3n) is 6.44. The van der Waals surface area contributed by atoms with E-state index in [1.54, 1.807) is 31.2 Å². The van der Waals surface area contributed by atoms with Crippen molar-refractivity contribution >= 4 is 17.7 Å². The van der Waals surface area contributed by atoms with Crippen molar-refractivity contribution in [3.05, 3.63) is 107 Å². The Balaban J connectivity index is 1.66. The molecule has 0 radical (unpaired) electrons. The van der Waals surface area contributed by atoms with Crippen LogP contribution in [0.4, 0.5) is 0 Å². The first kappa shape index (κ1) is 32.4. The Bertz CT molecular complexity index is 1610. The van der Waals surface area contributed by atoms with Crippen LogP contribution in [0.2, 0.25) is 0 Å². The van der Waals surface area contributed by atoms with E-state index < -0.39 is 24.3 Å². The lowest BCUT2D eigenvalue weighted by molar-refractivity contribution is 0.0471.